The van der Waals surface area contributed by atoms with Gasteiger partial charge < -0.3 is 19.3 Å². The van der Waals surface area contributed by atoms with Gasteiger partial charge in [0.15, 0.2) is 6.10 Å². The highest BCUT2D eigenvalue weighted by molar-refractivity contribution is 6.78. The van der Waals surface area contributed by atoms with Gasteiger partial charge in [-0.3, -0.25) is 4.98 Å². The van der Waals surface area contributed by atoms with E-state index in [9.17, 15) is 5.26 Å². The number of aromatic nitrogens is 1. The molecule has 0 aromatic carbocycles. The van der Waals surface area contributed by atoms with E-state index in [2.05, 4.69) is 94.1 Å². The fraction of sp³-hybridized carbons (Fsp3) is 0.793. The minimum atomic E-state index is -2.31. The van der Waals surface area contributed by atoms with Crippen molar-refractivity contribution in [2.24, 2.45) is 0 Å². The molecule has 1 aliphatic heterocycles. The van der Waals surface area contributed by atoms with Crippen LogP contribution >= 0.6 is 0 Å². The van der Waals surface area contributed by atoms with Crippen LogP contribution in [0.4, 0.5) is 5.69 Å². The van der Waals surface area contributed by atoms with E-state index in [1.165, 1.54) is 0 Å². The van der Waals surface area contributed by atoms with E-state index in [1.54, 1.807) is 12.4 Å². The Morgan fingerprint density at radius 3 is 1.73 bits per heavy atom. The quantitative estimate of drug-likeness (QED) is 0.281. The van der Waals surface area contributed by atoms with Crippen LogP contribution in [-0.2, 0) is 13.6 Å². The fourth-order valence-corrected chi connectivity index (χ4v) is 18.6. The molecule has 2 heterocycles. The molecule has 1 saturated heterocycles. The number of pyridine rings is 1. The second kappa shape index (κ2) is 12.7. The zero-order chi connectivity index (χ0) is 28.3. The number of nitriles is 1. The van der Waals surface area contributed by atoms with Gasteiger partial charge in [0.1, 0.15) is 6.10 Å². The topological polar surface area (TPSA) is 90.4 Å². The van der Waals surface area contributed by atoms with E-state index in [4.69, 9.17) is 19.3 Å². The first kappa shape index (κ1) is 32.0. The number of nitrogens with two attached hydrogens (primary N) is 1. The summed E-state index contributed by atoms with van der Waals surface area (Å²) in [6.07, 6.45) is 2.23. The molecule has 2 rings (SSSR count). The predicted octanol–water partition coefficient (Wildman–Crippen LogP) is 8.14. The zero-order valence-electron chi connectivity index (χ0n) is 25.4. The number of hydrogen-bond acceptors (Lipinski definition) is 6. The smallest absolute Gasteiger partial charge is 0.201 e. The SMILES string of the molecule is CC(C)[Si](OC1C[C@H](c2ccncc2N)OC(C#N)C1O[Si](C(C)C)(C(C)C)C(C)C)(C(C)C)C(C)C. The Hall–Kier alpha value is -1.25. The first-order valence-corrected chi connectivity index (χ1v) is 18.5. The largest absolute Gasteiger partial charge is 0.410 e. The van der Waals surface area contributed by atoms with Gasteiger partial charge in [-0.15, -0.1) is 0 Å². The zero-order valence-corrected chi connectivity index (χ0v) is 27.4. The van der Waals surface area contributed by atoms with Gasteiger partial charge in [0.2, 0.25) is 16.6 Å². The summed E-state index contributed by atoms with van der Waals surface area (Å²) in [4.78, 5) is 4.16. The Labute approximate surface area is 228 Å². The summed E-state index contributed by atoms with van der Waals surface area (Å²) in [5.74, 6) is 0. The van der Waals surface area contributed by atoms with Crippen LogP contribution in [0.2, 0.25) is 33.2 Å². The highest BCUT2D eigenvalue weighted by atomic mass is 28.4. The van der Waals surface area contributed by atoms with Gasteiger partial charge >= 0.3 is 0 Å². The van der Waals surface area contributed by atoms with Crippen molar-refractivity contribution in [3.8, 4) is 6.07 Å². The average molecular weight is 548 g/mol. The van der Waals surface area contributed by atoms with Crippen LogP contribution in [0.15, 0.2) is 18.5 Å². The Balaban J connectivity index is 2.68. The molecule has 210 valence electrons. The maximum absolute atomic E-state index is 10.4. The number of anilines is 1. The van der Waals surface area contributed by atoms with E-state index < -0.39 is 28.8 Å². The molecule has 4 atom stereocenters. The van der Waals surface area contributed by atoms with Crippen molar-refractivity contribution >= 4 is 22.3 Å². The lowest BCUT2D eigenvalue weighted by Gasteiger charge is -2.52. The molecule has 1 aromatic rings. The molecule has 1 fully saturated rings. The van der Waals surface area contributed by atoms with Crippen molar-refractivity contribution in [1.29, 1.82) is 5.26 Å². The molecule has 0 saturated carbocycles. The molecule has 1 aromatic heterocycles. The lowest BCUT2D eigenvalue weighted by atomic mass is 9.94. The van der Waals surface area contributed by atoms with Crippen molar-refractivity contribution in [3.63, 3.8) is 0 Å². The Kier molecular flexibility index (Phi) is 11.0. The predicted molar refractivity (Wildman–Crippen MR) is 158 cm³/mol. The number of ether oxygens (including phenoxy) is 1. The van der Waals surface area contributed by atoms with Crippen LogP contribution in [0.5, 0.6) is 0 Å². The van der Waals surface area contributed by atoms with Crippen LogP contribution < -0.4 is 5.73 Å². The monoisotopic (exact) mass is 547 g/mol. The molecule has 0 amide bonds. The molecule has 0 aliphatic carbocycles. The van der Waals surface area contributed by atoms with Gasteiger partial charge in [0.05, 0.1) is 30.2 Å². The molecule has 0 bridgehead atoms. The molecule has 37 heavy (non-hydrogen) atoms. The molecule has 2 N–H and O–H groups in total. The highest BCUT2D eigenvalue weighted by Gasteiger charge is 2.55. The number of nitrogens with zero attached hydrogens (tertiary/aromatic N) is 2. The average Bonchev–Trinajstić information content (AvgIpc) is 2.79. The summed E-state index contributed by atoms with van der Waals surface area (Å²) in [5, 5.41) is 10.4. The van der Waals surface area contributed by atoms with Gasteiger partial charge in [-0.2, -0.15) is 5.26 Å². The molecule has 6 nitrogen and oxygen atoms in total. The van der Waals surface area contributed by atoms with Crippen LogP contribution in [-0.4, -0.2) is 39.9 Å². The molecular formula is C29H53N3O3Si2. The van der Waals surface area contributed by atoms with E-state index >= 15 is 0 Å². The van der Waals surface area contributed by atoms with E-state index in [0.29, 0.717) is 45.4 Å². The number of nitrogen functional groups attached to an aromatic ring is 1. The second-order valence-electron chi connectivity index (χ2n) is 12.8. The molecule has 1 aliphatic rings. The first-order chi connectivity index (χ1) is 17.2. The Morgan fingerprint density at radius 2 is 1.32 bits per heavy atom. The molecule has 3 unspecified atom stereocenters. The minimum absolute atomic E-state index is 0.252. The number of rotatable bonds is 11. The second-order valence-corrected chi connectivity index (χ2v) is 23.6. The van der Waals surface area contributed by atoms with E-state index in [1.807, 2.05) is 6.07 Å². The minimum Gasteiger partial charge on any atom is -0.410 e. The van der Waals surface area contributed by atoms with Crippen molar-refractivity contribution in [2.45, 2.75) is 147 Å². The van der Waals surface area contributed by atoms with Gasteiger partial charge in [0.25, 0.3) is 0 Å². The van der Waals surface area contributed by atoms with Gasteiger partial charge in [-0.25, -0.2) is 0 Å². The van der Waals surface area contributed by atoms with Crippen LogP contribution in [0.25, 0.3) is 0 Å². The molecule has 8 heteroatoms. The maximum atomic E-state index is 10.4. The van der Waals surface area contributed by atoms with Gasteiger partial charge in [-0.05, 0) is 39.3 Å². The lowest BCUT2D eigenvalue weighted by molar-refractivity contribution is -0.141. The fourth-order valence-electron chi connectivity index (χ4n) is 7.43. The van der Waals surface area contributed by atoms with Crippen molar-refractivity contribution < 1.29 is 13.6 Å². The van der Waals surface area contributed by atoms with Crippen LogP contribution in [0.1, 0.15) is 101 Å². The Morgan fingerprint density at radius 1 is 0.865 bits per heavy atom. The van der Waals surface area contributed by atoms with Crippen molar-refractivity contribution in [1.82, 2.24) is 4.98 Å². The summed E-state index contributed by atoms with van der Waals surface area (Å²) < 4.78 is 21.2. The maximum Gasteiger partial charge on any atom is 0.201 e. The summed E-state index contributed by atoms with van der Waals surface area (Å²) in [7, 11) is -4.59. The van der Waals surface area contributed by atoms with Crippen molar-refractivity contribution in [2.75, 3.05) is 5.73 Å². The van der Waals surface area contributed by atoms with Crippen molar-refractivity contribution in [3.05, 3.63) is 24.0 Å². The third-order valence-corrected chi connectivity index (χ3v) is 21.1. The summed E-state index contributed by atoms with van der Waals surface area (Å²) in [5.41, 5.74) is 10.2. The molecular weight excluding hydrogens is 495 g/mol. The van der Waals surface area contributed by atoms with Gasteiger partial charge in [-0.1, -0.05) is 83.1 Å². The highest BCUT2D eigenvalue weighted by Crippen LogP contribution is 2.49. The number of hydrogen-bond donors (Lipinski definition) is 1. The normalized spacial score (nSPS) is 23.6. The van der Waals surface area contributed by atoms with Crippen LogP contribution in [0, 0.1) is 11.3 Å². The summed E-state index contributed by atoms with van der Waals surface area (Å²) in [6, 6.07) is 4.37. The molecule has 0 radical (unpaired) electrons. The first-order valence-electron chi connectivity index (χ1n) is 14.3. The van der Waals surface area contributed by atoms with E-state index in [0.717, 1.165) is 5.56 Å². The van der Waals surface area contributed by atoms with E-state index in [-0.39, 0.29) is 12.2 Å². The Bertz CT molecular complexity index is 870. The third kappa shape index (κ3) is 6.17. The summed E-state index contributed by atoms with van der Waals surface area (Å²) in [6.45, 7) is 27.5. The van der Waals surface area contributed by atoms with Gasteiger partial charge in [0, 0.05) is 18.2 Å². The molecule has 0 spiro atoms. The summed E-state index contributed by atoms with van der Waals surface area (Å²) >= 11 is 0. The standard InChI is InChI=1S/C29H53N3O3Si2/c1-18(2)36(19(3)4,20(5)6)34-27-15-26(24-13-14-32-17-25(24)31)33-28(16-30)29(27)35-37(21(7)8,22(9)10)23(11)12/h13-14,17-23,26-29H,15,31H2,1-12H3/t26-,27?,28?,29?/m1/s1. The lowest BCUT2D eigenvalue weighted by Crippen LogP contribution is -2.61. The third-order valence-electron chi connectivity index (χ3n) is 8.89. The van der Waals surface area contributed by atoms with Crippen LogP contribution in [0.3, 0.4) is 0 Å².